The van der Waals surface area contributed by atoms with Crippen LogP contribution in [0, 0.1) is 17.0 Å². The Bertz CT molecular complexity index is 805. The second-order valence-corrected chi connectivity index (χ2v) is 7.13. The predicted molar refractivity (Wildman–Crippen MR) is 120 cm³/mol. The highest BCUT2D eigenvalue weighted by atomic mass is 35.5. The molecule has 1 saturated heterocycles. The number of non-ortho nitro benzene ring substituents is 1. The molecule has 1 heterocycles. The summed E-state index contributed by atoms with van der Waals surface area (Å²) in [5.41, 5.74) is 3.11. The van der Waals surface area contributed by atoms with E-state index in [1.54, 1.807) is 12.1 Å². The number of Topliss-reactive ketones (excluding diaryl/α,β-unsaturated/α-hetero) is 1. The van der Waals surface area contributed by atoms with Crippen molar-refractivity contribution in [3.8, 4) is 0 Å². The minimum Gasteiger partial charge on any atom is -0.294 e. The first-order valence-corrected chi connectivity index (χ1v) is 9.24. The van der Waals surface area contributed by atoms with Crippen molar-refractivity contribution in [1.82, 2.24) is 9.80 Å². The molecule has 0 amide bonds. The molecule has 1 atom stereocenters. The third kappa shape index (κ3) is 6.51. The first kappa shape index (κ1) is 25.0. The van der Waals surface area contributed by atoms with Gasteiger partial charge in [-0.3, -0.25) is 24.7 Å². The topological polar surface area (TPSA) is 66.7 Å². The number of hydrogen-bond acceptors (Lipinski definition) is 5. The first-order chi connectivity index (χ1) is 12.9. The number of nitrogens with zero attached hydrogens (tertiary/aromatic N) is 3. The van der Waals surface area contributed by atoms with Gasteiger partial charge in [0.15, 0.2) is 5.78 Å². The monoisotopic (exact) mass is 439 g/mol. The Morgan fingerprint density at radius 2 is 1.55 bits per heavy atom. The van der Waals surface area contributed by atoms with Crippen LogP contribution < -0.4 is 0 Å². The minimum atomic E-state index is -0.377. The summed E-state index contributed by atoms with van der Waals surface area (Å²) in [5, 5.41) is 10.8. The fraction of sp³-hybridized carbons (Fsp3) is 0.381. The average molecular weight is 440 g/mol. The molecule has 8 heteroatoms. The van der Waals surface area contributed by atoms with Crippen molar-refractivity contribution >= 4 is 36.3 Å². The van der Waals surface area contributed by atoms with Gasteiger partial charge in [-0.2, -0.15) is 0 Å². The van der Waals surface area contributed by atoms with Crippen LogP contribution >= 0.6 is 24.8 Å². The molecule has 158 valence electrons. The molecule has 1 unspecified atom stereocenters. The van der Waals surface area contributed by atoms with Crippen molar-refractivity contribution in [2.75, 3.05) is 32.7 Å². The Morgan fingerprint density at radius 3 is 2.07 bits per heavy atom. The largest absolute Gasteiger partial charge is 0.294 e. The Labute approximate surface area is 183 Å². The van der Waals surface area contributed by atoms with E-state index in [9.17, 15) is 14.9 Å². The summed E-state index contributed by atoms with van der Waals surface area (Å²) < 4.78 is 0. The lowest BCUT2D eigenvalue weighted by molar-refractivity contribution is -0.384. The SMILES string of the molecule is Cc1ccc(C(=O)CN2CCN(C(C)c3ccc([N+](=O)[O-])cc3)CC2)cc1.Cl.Cl. The summed E-state index contributed by atoms with van der Waals surface area (Å²) in [6, 6.07) is 14.7. The lowest BCUT2D eigenvalue weighted by atomic mass is 10.1. The van der Waals surface area contributed by atoms with Crippen molar-refractivity contribution in [2.45, 2.75) is 19.9 Å². The maximum Gasteiger partial charge on any atom is 0.269 e. The van der Waals surface area contributed by atoms with Crippen molar-refractivity contribution in [3.05, 3.63) is 75.3 Å². The second-order valence-electron chi connectivity index (χ2n) is 7.13. The molecule has 2 aromatic carbocycles. The number of nitro benzene ring substituents is 1. The van der Waals surface area contributed by atoms with Gasteiger partial charge in [0, 0.05) is 49.9 Å². The molecule has 29 heavy (non-hydrogen) atoms. The average Bonchev–Trinajstić information content (AvgIpc) is 2.68. The van der Waals surface area contributed by atoms with Gasteiger partial charge in [-0.05, 0) is 19.4 Å². The van der Waals surface area contributed by atoms with Crippen molar-refractivity contribution < 1.29 is 9.72 Å². The summed E-state index contributed by atoms with van der Waals surface area (Å²) in [5.74, 6) is 0.159. The summed E-state index contributed by atoms with van der Waals surface area (Å²) in [7, 11) is 0. The highest BCUT2D eigenvalue weighted by Crippen LogP contribution is 2.23. The Balaban J connectivity index is 0.00000210. The molecule has 0 aromatic heterocycles. The number of carbonyl (C=O) groups excluding carboxylic acids is 1. The molecule has 0 saturated carbocycles. The fourth-order valence-electron chi connectivity index (χ4n) is 3.43. The van der Waals surface area contributed by atoms with Gasteiger partial charge in [-0.15, -0.1) is 24.8 Å². The van der Waals surface area contributed by atoms with Gasteiger partial charge in [0.2, 0.25) is 0 Å². The first-order valence-electron chi connectivity index (χ1n) is 9.24. The zero-order chi connectivity index (χ0) is 19.4. The second kappa shape index (κ2) is 11.3. The smallest absolute Gasteiger partial charge is 0.269 e. The summed E-state index contributed by atoms with van der Waals surface area (Å²) in [6.07, 6.45) is 0. The molecule has 0 aliphatic carbocycles. The van der Waals surface area contributed by atoms with E-state index in [0.29, 0.717) is 6.54 Å². The van der Waals surface area contributed by atoms with E-state index < -0.39 is 0 Å². The number of halogens is 2. The standard InChI is InChI=1S/C21H25N3O3.2ClH/c1-16-3-5-19(6-4-16)21(25)15-22-11-13-23(14-12-22)17(2)18-7-9-20(10-8-18)24(26)27;;/h3-10,17H,11-15H2,1-2H3;2*1H. The highest BCUT2D eigenvalue weighted by molar-refractivity contribution is 5.97. The molecule has 1 fully saturated rings. The number of nitro groups is 1. The van der Waals surface area contributed by atoms with E-state index in [1.165, 1.54) is 0 Å². The molecule has 3 rings (SSSR count). The van der Waals surface area contributed by atoms with Crippen LogP contribution in [0.4, 0.5) is 5.69 Å². The number of ketones is 1. The zero-order valence-electron chi connectivity index (χ0n) is 16.6. The van der Waals surface area contributed by atoms with E-state index in [0.717, 1.165) is 42.9 Å². The van der Waals surface area contributed by atoms with Crippen LogP contribution in [-0.4, -0.2) is 53.2 Å². The third-order valence-electron chi connectivity index (χ3n) is 5.28. The van der Waals surface area contributed by atoms with Gasteiger partial charge in [-0.25, -0.2) is 0 Å². The lowest BCUT2D eigenvalue weighted by Gasteiger charge is -2.38. The highest BCUT2D eigenvalue weighted by Gasteiger charge is 2.23. The van der Waals surface area contributed by atoms with Crippen LogP contribution in [0.5, 0.6) is 0 Å². The molecule has 0 radical (unpaired) electrons. The van der Waals surface area contributed by atoms with Gasteiger partial charge in [0.1, 0.15) is 0 Å². The quantitative estimate of drug-likeness (QED) is 0.381. The number of aryl methyl sites for hydroxylation is 1. The molecule has 1 aliphatic rings. The van der Waals surface area contributed by atoms with Crippen LogP contribution in [0.1, 0.15) is 34.5 Å². The summed E-state index contributed by atoms with van der Waals surface area (Å²) in [4.78, 5) is 27.4. The van der Waals surface area contributed by atoms with Crippen molar-refractivity contribution in [2.24, 2.45) is 0 Å². The molecular formula is C21H27Cl2N3O3. The van der Waals surface area contributed by atoms with Crippen LogP contribution in [0.15, 0.2) is 48.5 Å². The Hall–Kier alpha value is -1.99. The van der Waals surface area contributed by atoms with E-state index >= 15 is 0 Å². The molecule has 0 bridgehead atoms. The van der Waals surface area contributed by atoms with Gasteiger partial charge >= 0.3 is 0 Å². The maximum atomic E-state index is 12.4. The maximum absolute atomic E-state index is 12.4. The van der Waals surface area contributed by atoms with E-state index in [4.69, 9.17) is 0 Å². The molecule has 0 N–H and O–H groups in total. The Kier molecular flexibility index (Phi) is 9.73. The summed E-state index contributed by atoms with van der Waals surface area (Å²) >= 11 is 0. The molecule has 6 nitrogen and oxygen atoms in total. The normalized spacial score (nSPS) is 15.7. The molecule has 1 aliphatic heterocycles. The number of carbonyl (C=O) groups is 1. The van der Waals surface area contributed by atoms with E-state index in [1.807, 2.05) is 43.3 Å². The van der Waals surface area contributed by atoms with Crippen molar-refractivity contribution in [3.63, 3.8) is 0 Å². The van der Waals surface area contributed by atoms with Crippen LogP contribution in [0.2, 0.25) is 0 Å². The number of piperazine rings is 1. The van der Waals surface area contributed by atoms with Crippen LogP contribution in [-0.2, 0) is 0 Å². The van der Waals surface area contributed by atoms with Crippen LogP contribution in [0.3, 0.4) is 0 Å². The Morgan fingerprint density at radius 1 is 1.00 bits per heavy atom. The fourth-order valence-corrected chi connectivity index (χ4v) is 3.43. The van der Waals surface area contributed by atoms with E-state index in [2.05, 4.69) is 16.7 Å². The minimum absolute atomic E-state index is 0. The zero-order valence-corrected chi connectivity index (χ0v) is 18.2. The summed E-state index contributed by atoms with van der Waals surface area (Å²) in [6.45, 7) is 8.01. The molecular weight excluding hydrogens is 413 g/mol. The third-order valence-corrected chi connectivity index (χ3v) is 5.28. The van der Waals surface area contributed by atoms with E-state index in [-0.39, 0.29) is 47.2 Å². The number of benzene rings is 2. The lowest BCUT2D eigenvalue weighted by Crippen LogP contribution is -2.48. The van der Waals surface area contributed by atoms with Gasteiger partial charge in [-0.1, -0.05) is 42.0 Å². The van der Waals surface area contributed by atoms with Gasteiger partial charge in [0.25, 0.3) is 5.69 Å². The van der Waals surface area contributed by atoms with Gasteiger partial charge in [0.05, 0.1) is 11.5 Å². The molecule has 0 spiro atoms. The molecule has 2 aromatic rings. The van der Waals surface area contributed by atoms with Crippen LogP contribution in [0.25, 0.3) is 0 Å². The van der Waals surface area contributed by atoms with Crippen molar-refractivity contribution in [1.29, 1.82) is 0 Å². The van der Waals surface area contributed by atoms with Gasteiger partial charge < -0.3 is 0 Å². The number of rotatable bonds is 6. The predicted octanol–water partition coefficient (Wildman–Crippen LogP) is 4.31. The number of hydrogen-bond donors (Lipinski definition) is 0.